The van der Waals surface area contributed by atoms with E-state index in [9.17, 15) is 0 Å². The number of nitrogens with zero attached hydrogens (tertiary/aromatic N) is 5. The zero-order chi connectivity index (χ0) is 19.9. The Labute approximate surface area is 165 Å². The molecule has 2 heterocycles. The summed E-state index contributed by atoms with van der Waals surface area (Å²) >= 11 is 0. The Balaban J connectivity index is 1.69. The van der Waals surface area contributed by atoms with E-state index in [1.54, 1.807) is 7.11 Å². The van der Waals surface area contributed by atoms with Crippen LogP contribution in [0.5, 0.6) is 11.5 Å². The minimum absolute atomic E-state index is 0.277. The summed E-state index contributed by atoms with van der Waals surface area (Å²) in [4.78, 5) is 6.82. The monoisotopic (exact) mass is 388 g/mol. The highest BCUT2D eigenvalue weighted by Crippen LogP contribution is 2.32. The van der Waals surface area contributed by atoms with Crippen molar-refractivity contribution in [2.24, 2.45) is 12.0 Å². The predicted molar refractivity (Wildman–Crippen MR) is 105 cm³/mol. The first-order chi connectivity index (χ1) is 13.6. The van der Waals surface area contributed by atoms with E-state index in [4.69, 9.17) is 19.2 Å². The van der Waals surface area contributed by atoms with Gasteiger partial charge in [-0.3, -0.25) is 0 Å². The molecule has 152 valence electrons. The van der Waals surface area contributed by atoms with Crippen molar-refractivity contribution in [1.29, 1.82) is 0 Å². The number of aromatic nitrogens is 3. The van der Waals surface area contributed by atoms with Gasteiger partial charge in [-0.15, -0.1) is 10.2 Å². The molecule has 0 amide bonds. The van der Waals surface area contributed by atoms with Crippen molar-refractivity contribution in [3.8, 4) is 11.5 Å². The first-order valence-corrected chi connectivity index (χ1v) is 9.30. The van der Waals surface area contributed by atoms with Gasteiger partial charge in [-0.1, -0.05) is 6.07 Å². The van der Waals surface area contributed by atoms with Gasteiger partial charge in [0.1, 0.15) is 12.4 Å². The Morgan fingerprint density at radius 1 is 1.32 bits per heavy atom. The van der Waals surface area contributed by atoms with Gasteiger partial charge in [0.05, 0.1) is 0 Å². The van der Waals surface area contributed by atoms with Gasteiger partial charge in [-0.25, -0.2) is 4.99 Å². The van der Waals surface area contributed by atoms with Gasteiger partial charge in [0, 0.05) is 40.9 Å². The van der Waals surface area contributed by atoms with Crippen molar-refractivity contribution in [3.63, 3.8) is 0 Å². The van der Waals surface area contributed by atoms with E-state index in [0.29, 0.717) is 19.7 Å². The Morgan fingerprint density at radius 2 is 2.14 bits per heavy atom. The van der Waals surface area contributed by atoms with Crippen LogP contribution in [0, 0.1) is 6.92 Å². The molecule has 0 bridgehead atoms. The summed E-state index contributed by atoms with van der Waals surface area (Å²) in [5.41, 5.74) is 1.12. The van der Waals surface area contributed by atoms with Crippen molar-refractivity contribution in [3.05, 3.63) is 35.4 Å². The molecule has 0 spiro atoms. The van der Waals surface area contributed by atoms with Gasteiger partial charge in [-0.2, -0.15) is 0 Å². The van der Waals surface area contributed by atoms with Crippen LogP contribution in [0.4, 0.5) is 0 Å². The number of guanidine groups is 1. The molecule has 1 aliphatic rings. The van der Waals surface area contributed by atoms with Crippen molar-refractivity contribution in [2.45, 2.75) is 26.4 Å². The molecule has 0 radical (unpaired) electrons. The van der Waals surface area contributed by atoms with E-state index >= 15 is 0 Å². The molecule has 9 heteroatoms. The lowest BCUT2D eigenvalue weighted by Crippen LogP contribution is -2.39. The molecule has 0 saturated heterocycles. The SMILES string of the molecule is COCCCNC(=NCc1nnc(C)n1C)N(C)Cc1ccc2c(c1)OCO2. The molecular formula is C19H28N6O3. The summed E-state index contributed by atoms with van der Waals surface area (Å²) in [6, 6.07) is 5.99. The molecule has 28 heavy (non-hydrogen) atoms. The van der Waals surface area contributed by atoms with Crippen LogP contribution in [0.15, 0.2) is 23.2 Å². The van der Waals surface area contributed by atoms with Crippen LogP contribution in [-0.2, 0) is 24.9 Å². The van der Waals surface area contributed by atoms with Gasteiger partial charge in [-0.05, 0) is 31.0 Å². The molecule has 0 fully saturated rings. The molecule has 9 nitrogen and oxygen atoms in total. The molecular weight excluding hydrogens is 360 g/mol. The average molecular weight is 388 g/mol. The second kappa shape index (κ2) is 9.41. The number of ether oxygens (including phenoxy) is 3. The van der Waals surface area contributed by atoms with Gasteiger partial charge >= 0.3 is 0 Å². The Morgan fingerprint density at radius 3 is 2.89 bits per heavy atom. The molecule has 0 unspecified atom stereocenters. The third-order valence-electron chi connectivity index (χ3n) is 4.58. The molecule has 1 N–H and O–H groups in total. The fraction of sp³-hybridized carbons (Fsp3) is 0.526. The van der Waals surface area contributed by atoms with E-state index in [0.717, 1.165) is 47.6 Å². The third kappa shape index (κ3) is 4.92. The number of hydrogen-bond donors (Lipinski definition) is 1. The van der Waals surface area contributed by atoms with Gasteiger partial charge in [0.15, 0.2) is 23.3 Å². The summed E-state index contributed by atoms with van der Waals surface area (Å²) < 4.78 is 17.9. The largest absolute Gasteiger partial charge is 0.454 e. The van der Waals surface area contributed by atoms with Gasteiger partial charge in [0.25, 0.3) is 0 Å². The molecule has 1 aliphatic heterocycles. The van der Waals surface area contributed by atoms with Crippen molar-refractivity contribution in [2.75, 3.05) is 34.1 Å². The highest BCUT2D eigenvalue weighted by atomic mass is 16.7. The van der Waals surface area contributed by atoms with Crippen molar-refractivity contribution in [1.82, 2.24) is 25.0 Å². The topological polar surface area (TPSA) is 86.0 Å². The van der Waals surface area contributed by atoms with Gasteiger partial charge in [0.2, 0.25) is 6.79 Å². The van der Waals surface area contributed by atoms with E-state index in [1.807, 2.05) is 43.8 Å². The fourth-order valence-corrected chi connectivity index (χ4v) is 2.85. The maximum absolute atomic E-state index is 5.48. The number of aryl methyl sites for hydroxylation is 1. The molecule has 1 aromatic carbocycles. The van der Waals surface area contributed by atoms with Crippen LogP contribution in [0.25, 0.3) is 0 Å². The quantitative estimate of drug-likeness (QED) is 0.416. The minimum atomic E-state index is 0.277. The summed E-state index contributed by atoms with van der Waals surface area (Å²) in [6.45, 7) is 4.82. The van der Waals surface area contributed by atoms with E-state index in [1.165, 1.54) is 0 Å². The van der Waals surface area contributed by atoms with Crippen LogP contribution in [0.1, 0.15) is 23.6 Å². The van der Waals surface area contributed by atoms with E-state index < -0.39 is 0 Å². The molecule has 2 aromatic rings. The maximum Gasteiger partial charge on any atom is 0.231 e. The Kier molecular flexibility index (Phi) is 6.70. The molecule has 3 rings (SSSR count). The summed E-state index contributed by atoms with van der Waals surface area (Å²) in [6.07, 6.45) is 0.899. The zero-order valence-electron chi connectivity index (χ0n) is 16.9. The van der Waals surface area contributed by atoms with E-state index in [2.05, 4.69) is 20.4 Å². The number of methoxy groups -OCH3 is 1. The Bertz CT molecular complexity index is 820. The Hall–Kier alpha value is -2.81. The van der Waals surface area contributed by atoms with Crippen LogP contribution in [0.3, 0.4) is 0 Å². The number of hydrogen-bond acceptors (Lipinski definition) is 6. The molecule has 0 aliphatic carbocycles. The first-order valence-electron chi connectivity index (χ1n) is 9.30. The third-order valence-corrected chi connectivity index (χ3v) is 4.58. The van der Waals surface area contributed by atoms with Crippen LogP contribution in [-0.4, -0.2) is 59.7 Å². The lowest BCUT2D eigenvalue weighted by Gasteiger charge is -2.23. The standard InChI is InChI=1S/C19H28N6O3/c1-14-22-23-18(25(14)3)11-21-19(20-8-5-9-26-4)24(2)12-15-6-7-16-17(10-15)28-13-27-16/h6-7,10H,5,8-9,11-13H2,1-4H3,(H,20,21). The second-order valence-electron chi connectivity index (χ2n) is 6.68. The highest BCUT2D eigenvalue weighted by molar-refractivity contribution is 5.79. The van der Waals surface area contributed by atoms with Crippen LogP contribution >= 0.6 is 0 Å². The number of nitrogens with one attached hydrogen (secondary N) is 1. The maximum atomic E-state index is 5.48. The smallest absolute Gasteiger partial charge is 0.231 e. The normalized spacial score (nSPS) is 13.1. The van der Waals surface area contributed by atoms with Crippen molar-refractivity contribution >= 4 is 5.96 Å². The van der Waals surface area contributed by atoms with Crippen LogP contribution in [0.2, 0.25) is 0 Å². The summed E-state index contributed by atoms with van der Waals surface area (Å²) in [5, 5.41) is 11.7. The molecule has 1 aromatic heterocycles. The lowest BCUT2D eigenvalue weighted by molar-refractivity contribution is 0.174. The first kappa shape index (κ1) is 19.9. The fourth-order valence-electron chi connectivity index (χ4n) is 2.85. The second-order valence-corrected chi connectivity index (χ2v) is 6.68. The lowest BCUT2D eigenvalue weighted by atomic mass is 10.2. The zero-order valence-corrected chi connectivity index (χ0v) is 16.9. The van der Waals surface area contributed by atoms with Crippen molar-refractivity contribution < 1.29 is 14.2 Å². The molecule has 0 saturated carbocycles. The number of aliphatic imine (C=N–C) groups is 1. The van der Waals surface area contributed by atoms with E-state index in [-0.39, 0.29) is 6.79 Å². The number of benzene rings is 1. The summed E-state index contributed by atoms with van der Waals surface area (Å²) in [5.74, 6) is 4.07. The highest BCUT2D eigenvalue weighted by Gasteiger charge is 2.15. The number of fused-ring (bicyclic) bond motifs is 1. The predicted octanol–water partition coefficient (Wildman–Crippen LogP) is 1.47. The number of rotatable bonds is 8. The minimum Gasteiger partial charge on any atom is -0.454 e. The van der Waals surface area contributed by atoms with Gasteiger partial charge < -0.3 is 29.0 Å². The average Bonchev–Trinajstić information content (AvgIpc) is 3.28. The summed E-state index contributed by atoms with van der Waals surface area (Å²) in [7, 11) is 5.66. The molecule has 0 atom stereocenters. The van der Waals surface area contributed by atoms with Crippen LogP contribution < -0.4 is 14.8 Å².